The average molecular weight is 223 g/mol. The monoisotopic (exact) mass is 223 g/mol. The van der Waals surface area contributed by atoms with Gasteiger partial charge in [0.2, 0.25) is 10.0 Å². The molecule has 0 saturated carbocycles. The Balaban J connectivity index is 0. The zero-order valence-corrected chi connectivity index (χ0v) is 10.5. The topological polar surface area (TPSA) is 100 Å². The summed E-state index contributed by atoms with van der Waals surface area (Å²) in [6.45, 7) is 0. The molecule has 0 radical (unpaired) electrons. The van der Waals surface area contributed by atoms with Gasteiger partial charge in [-0.15, -0.1) is 0 Å². The summed E-state index contributed by atoms with van der Waals surface area (Å²) >= 11 is -2.08. The van der Waals surface area contributed by atoms with Crippen LogP contribution in [0.1, 0.15) is 12.8 Å². The maximum atomic E-state index is 10.3. The molecule has 0 bridgehead atoms. The Bertz CT molecular complexity index is 227. The molecule has 0 aromatic rings. The minimum atomic E-state index is -3.42. The van der Waals surface area contributed by atoms with E-state index in [-0.39, 0.29) is 41.1 Å². The summed E-state index contributed by atoms with van der Waals surface area (Å²) in [6.07, 6.45) is 0.638. The number of rotatable bonds is 5. The van der Waals surface area contributed by atoms with Crippen molar-refractivity contribution >= 4 is 21.1 Å². The quantitative estimate of drug-likeness (QED) is 0.291. The van der Waals surface area contributed by atoms with Crippen molar-refractivity contribution in [1.82, 2.24) is 0 Å². The van der Waals surface area contributed by atoms with Gasteiger partial charge >= 0.3 is 29.6 Å². The summed E-state index contributed by atoms with van der Waals surface area (Å²) in [6, 6.07) is 0. The first kappa shape index (κ1) is 15.5. The molecule has 0 heterocycles. The van der Waals surface area contributed by atoms with E-state index in [1.807, 2.05) is 0 Å². The number of sulfonamides is 1. The third-order valence-electron chi connectivity index (χ3n) is 0.990. The molecule has 0 amide bonds. The van der Waals surface area contributed by atoms with Gasteiger partial charge in [0.15, 0.2) is 0 Å². The van der Waals surface area contributed by atoms with Crippen LogP contribution in [-0.4, -0.2) is 28.7 Å². The summed E-state index contributed by atoms with van der Waals surface area (Å²) in [5.74, 6) is -0.153. The standard InChI is InChI=1S/C4H11NO4S2.Na/c5-11(8,9)4-2-1-3-10(6)7;/h1-4H2,(H,6,7)(H2,5,8,9);/q;+1/p-1. The molecular formula is C4H10NNaO4S2. The van der Waals surface area contributed by atoms with Gasteiger partial charge in [0.25, 0.3) is 0 Å². The molecule has 0 saturated heterocycles. The van der Waals surface area contributed by atoms with Crippen LogP contribution in [0.2, 0.25) is 0 Å². The normalized spacial score (nSPS) is 13.5. The Morgan fingerprint density at radius 1 is 1.33 bits per heavy atom. The second-order valence-corrected chi connectivity index (χ2v) is 4.83. The molecule has 12 heavy (non-hydrogen) atoms. The third-order valence-corrected chi connectivity index (χ3v) is 2.47. The molecule has 0 spiro atoms. The van der Waals surface area contributed by atoms with Gasteiger partial charge < -0.3 is 4.55 Å². The molecule has 0 aliphatic heterocycles. The van der Waals surface area contributed by atoms with Crippen molar-refractivity contribution < 1.29 is 46.7 Å². The fraction of sp³-hybridized carbons (Fsp3) is 1.00. The second kappa shape index (κ2) is 7.43. The Hall–Kier alpha value is 1.02. The Morgan fingerprint density at radius 3 is 2.17 bits per heavy atom. The maximum Gasteiger partial charge on any atom is 1.00 e. The van der Waals surface area contributed by atoms with Gasteiger partial charge in [0.1, 0.15) is 0 Å². The van der Waals surface area contributed by atoms with Crippen molar-refractivity contribution in [2.75, 3.05) is 11.5 Å². The van der Waals surface area contributed by atoms with Gasteiger partial charge in [-0.3, -0.25) is 4.21 Å². The molecule has 0 aromatic carbocycles. The van der Waals surface area contributed by atoms with Crippen molar-refractivity contribution in [3.63, 3.8) is 0 Å². The molecule has 5 nitrogen and oxygen atoms in total. The fourth-order valence-electron chi connectivity index (χ4n) is 0.523. The minimum absolute atomic E-state index is 0. The predicted octanol–water partition coefficient (Wildman–Crippen LogP) is -4.06. The molecule has 0 aliphatic carbocycles. The molecule has 0 fully saturated rings. The van der Waals surface area contributed by atoms with Gasteiger partial charge in [-0.2, -0.15) is 0 Å². The van der Waals surface area contributed by atoms with E-state index in [0.29, 0.717) is 12.8 Å². The van der Waals surface area contributed by atoms with Gasteiger partial charge in [0.05, 0.1) is 5.75 Å². The van der Waals surface area contributed by atoms with E-state index in [9.17, 15) is 17.2 Å². The van der Waals surface area contributed by atoms with Gasteiger partial charge in [-0.1, -0.05) is 11.1 Å². The number of hydrogen-bond acceptors (Lipinski definition) is 4. The molecule has 0 rings (SSSR count). The summed E-state index contributed by atoms with van der Waals surface area (Å²) in [5.41, 5.74) is 0. The van der Waals surface area contributed by atoms with E-state index in [2.05, 4.69) is 5.14 Å². The molecular weight excluding hydrogens is 213 g/mol. The molecule has 1 unspecified atom stereocenters. The number of nitrogens with two attached hydrogens (primary N) is 1. The van der Waals surface area contributed by atoms with Crippen molar-refractivity contribution in [3.8, 4) is 0 Å². The summed E-state index contributed by atoms with van der Waals surface area (Å²) < 4.78 is 40.5. The van der Waals surface area contributed by atoms with Crippen LogP contribution in [0.15, 0.2) is 0 Å². The van der Waals surface area contributed by atoms with Crippen LogP contribution in [0.4, 0.5) is 0 Å². The molecule has 2 N–H and O–H groups in total. The molecule has 0 aliphatic rings. The van der Waals surface area contributed by atoms with Crippen molar-refractivity contribution in [2.24, 2.45) is 5.14 Å². The van der Waals surface area contributed by atoms with E-state index in [4.69, 9.17) is 0 Å². The minimum Gasteiger partial charge on any atom is -0.772 e. The molecule has 8 heteroatoms. The van der Waals surface area contributed by atoms with Crippen molar-refractivity contribution in [1.29, 1.82) is 0 Å². The van der Waals surface area contributed by atoms with Crippen molar-refractivity contribution in [2.45, 2.75) is 12.8 Å². The summed E-state index contributed by atoms with van der Waals surface area (Å²) in [5, 5.41) is 4.67. The third kappa shape index (κ3) is 13.6. The molecule has 1 atom stereocenters. The van der Waals surface area contributed by atoms with Crippen molar-refractivity contribution in [3.05, 3.63) is 0 Å². The van der Waals surface area contributed by atoms with Crippen LogP contribution in [-0.2, 0) is 21.1 Å². The largest absolute Gasteiger partial charge is 1.00 e. The first-order valence-electron chi connectivity index (χ1n) is 2.98. The zero-order chi connectivity index (χ0) is 8.91. The maximum absolute atomic E-state index is 10.3. The smallest absolute Gasteiger partial charge is 0.772 e. The Labute approximate surface area is 96.7 Å². The van der Waals surface area contributed by atoms with E-state index in [1.54, 1.807) is 0 Å². The molecule has 68 valence electrons. The van der Waals surface area contributed by atoms with Crippen LogP contribution < -0.4 is 34.7 Å². The van der Waals surface area contributed by atoms with Crippen LogP contribution in [0.25, 0.3) is 0 Å². The van der Waals surface area contributed by atoms with E-state index in [1.165, 1.54) is 0 Å². The number of hydrogen-bond donors (Lipinski definition) is 1. The van der Waals surface area contributed by atoms with E-state index in [0.717, 1.165) is 0 Å². The van der Waals surface area contributed by atoms with Crippen LogP contribution >= 0.6 is 0 Å². The average Bonchev–Trinajstić information content (AvgIpc) is 1.78. The summed E-state index contributed by atoms with van der Waals surface area (Å²) in [7, 11) is -3.42. The van der Waals surface area contributed by atoms with Gasteiger partial charge in [-0.05, 0) is 12.8 Å². The Morgan fingerprint density at radius 2 is 1.83 bits per heavy atom. The van der Waals surface area contributed by atoms with Crippen LogP contribution in [0.3, 0.4) is 0 Å². The first-order chi connectivity index (χ1) is 4.92. The fourth-order valence-corrected chi connectivity index (χ4v) is 1.57. The predicted molar refractivity (Wildman–Crippen MR) is 41.0 cm³/mol. The Kier molecular flexibility index (Phi) is 9.59. The second-order valence-electron chi connectivity index (χ2n) is 2.08. The number of primary sulfonamides is 1. The molecule has 0 aromatic heterocycles. The summed E-state index contributed by atoms with van der Waals surface area (Å²) in [4.78, 5) is 0. The SMILES string of the molecule is NS(=O)(=O)CCCCS(=O)[O-].[Na+]. The van der Waals surface area contributed by atoms with Crippen LogP contribution in [0, 0.1) is 0 Å². The van der Waals surface area contributed by atoms with E-state index >= 15 is 0 Å². The van der Waals surface area contributed by atoms with Crippen LogP contribution in [0.5, 0.6) is 0 Å². The number of unbranched alkanes of at least 4 members (excludes halogenated alkanes) is 1. The zero-order valence-electron chi connectivity index (χ0n) is 6.86. The van der Waals surface area contributed by atoms with Gasteiger partial charge in [0, 0.05) is 5.75 Å². The first-order valence-corrected chi connectivity index (χ1v) is 5.94. The van der Waals surface area contributed by atoms with Gasteiger partial charge in [-0.25, -0.2) is 13.6 Å². The van der Waals surface area contributed by atoms with E-state index < -0.39 is 21.1 Å².